The zero-order valence-corrected chi connectivity index (χ0v) is 11.2. The highest BCUT2D eigenvalue weighted by atomic mass is 32.1. The summed E-state index contributed by atoms with van der Waals surface area (Å²) in [5, 5.41) is 11.8. The summed E-state index contributed by atoms with van der Waals surface area (Å²) in [5.74, 6) is 0. The topological polar surface area (TPSA) is 75.1 Å². The molecule has 2 aromatic heterocycles. The van der Waals surface area contributed by atoms with Crippen molar-refractivity contribution < 1.29 is 9.90 Å². The largest absolute Gasteiger partial charge is 0.465 e. The predicted molar refractivity (Wildman–Crippen MR) is 77.7 cm³/mol. The second kappa shape index (κ2) is 5.26. The van der Waals surface area contributed by atoms with Crippen LogP contribution in [0.2, 0.25) is 0 Å². The van der Waals surface area contributed by atoms with E-state index in [0.29, 0.717) is 5.69 Å². The van der Waals surface area contributed by atoms with Crippen LogP contribution in [0.4, 0.5) is 4.79 Å². The number of aromatic nitrogens is 2. The molecule has 3 aromatic rings. The molecule has 0 aliphatic carbocycles. The summed E-state index contributed by atoms with van der Waals surface area (Å²) in [7, 11) is 0. The van der Waals surface area contributed by atoms with Gasteiger partial charge in [0, 0.05) is 11.8 Å². The molecule has 0 saturated carbocycles. The molecule has 1 amide bonds. The van der Waals surface area contributed by atoms with Gasteiger partial charge in [-0.25, -0.2) is 9.78 Å². The van der Waals surface area contributed by atoms with E-state index >= 15 is 0 Å². The monoisotopic (exact) mass is 285 g/mol. The maximum Gasteiger partial charge on any atom is 0.404 e. The highest BCUT2D eigenvalue weighted by Gasteiger charge is 2.07. The van der Waals surface area contributed by atoms with Crippen molar-refractivity contribution in [3.05, 3.63) is 48.3 Å². The lowest BCUT2D eigenvalue weighted by Gasteiger charge is -1.99. The Kier molecular flexibility index (Phi) is 3.30. The van der Waals surface area contributed by atoms with Gasteiger partial charge in [0.2, 0.25) is 0 Å². The van der Waals surface area contributed by atoms with E-state index in [2.05, 4.69) is 15.3 Å². The molecule has 2 heterocycles. The van der Waals surface area contributed by atoms with Gasteiger partial charge >= 0.3 is 6.09 Å². The summed E-state index contributed by atoms with van der Waals surface area (Å²) in [6, 6.07) is 11.8. The number of fused-ring (bicyclic) bond motifs is 1. The first-order valence-electron chi connectivity index (χ1n) is 6.00. The maximum absolute atomic E-state index is 10.5. The number of hydrogen-bond donors (Lipinski definition) is 2. The van der Waals surface area contributed by atoms with Crippen LogP contribution in [0.25, 0.3) is 20.8 Å². The molecule has 0 fully saturated rings. The zero-order chi connectivity index (χ0) is 13.9. The van der Waals surface area contributed by atoms with Crippen LogP contribution in [-0.4, -0.2) is 21.2 Å². The Balaban J connectivity index is 1.93. The van der Waals surface area contributed by atoms with Crippen molar-refractivity contribution in [3.8, 4) is 10.6 Å². The smallest absolute Gasteiger partial charge is 0.404 e. The summed E-state index contributed by atoms with van der Waals surface area (Å²) in [5.41, 5.74) is 2.56. The lowest BCUT2D eigenvalue weighted by molar-refractivity contribution is 0.194. The fourth-order valence-electron chi connectivity index (χ4n) is 1.84. The standard InChI is InChI=1S/C14H11N3O2S/c18-14(19)16-7-10-6-11-12(8-15-10)20-13(17-11)9-4-2-1-3-5-9/h1-6,8,16H,7H2,(H,18,19). The van der Waals surface area contributed by atoms with Crippen molar-refractivity contribution in [2.75, 3.05) is 0 Å². The Morgan fingerprint density at radius 2 is 2.10 bits per heavy atom. The Hall–Kier alpha value is -2.47. The van der Waals surface area contributed by atoms with Crippen LogP contribution in [0, 0.1) is 0 Å². The van der Waals surface area contributed by atoms with Crippen molar-refractivity contribution in [2.45, 2.75) is 6.54 Å². The van der Waals surface area contributed by atoms with Crippen LogP contribution >= 0.6 is 11.3 Å². The van der Waals surface area contributed by atoms with E-state index in [9.17, 15) is 4.79 Å². The highest BCUT2D eigenvalue weighted by Crippen LogP contribution is 2.29. The van der Waals surface area contributed by atoms with Gasteiger partial charge in [0.05, 0.1) is 22.5 Å². The van der Waals surface area contributed by atoms with E-state index in [1.54, 1.807) is 17.5 Å². The number of benzene rings is 1. The molecule has 100 valence electrons. The van der Waals surface area contributed by atoms with Crippen LogP contribution in [0.1, 0.15) is 5.69 Å². The van der Waals surface area contributed by atoms with E-state index < -0.39 is 6.09 Å². The fourth-order valence-corrected chi connectivity index (χ4v) is 2.76. The molecule has 6 heteroatoms. The van der Waals surface area contributed by atoms with Crippen molar-refractivity contribution >= 4 is 27.6 Å². The molecule has 20 heavy (non-hydrogen) atoms. The van der Waals surface area contributed by atoms with E-state index in [-0.39, 0.29) is 6.54 Å². The van der Waals surface area contributed by atoms with Crippen LogP contribution in [0.5, 0.6) is 0 Å². The molecule has 5 nitrogen and oxygen atoms in total. The van der Waals surface area contributed by atoms with E-state index in [1.165, 1.54) is 0 Å². The van der Waals surface area contributed by atoms with Gasteiger partial charge in [-0.15, -0.1) is 11.3 Å². The van der Waals surface area contributed by atoms with E-state index in [0.717, 1.165) is 20.8 Å². The average molecular weight is 285 g/mol. The Morgan fingerprint density at radius 3 is 2.85 bits per heavy atom. The molecule has 0 atom stereocenters. The minimum atomic E-state index is -1.06. The number of carbonyl (C=O) groups is 1. The van der Waals surface area contributed by atoms with Gasteiger partial charge in [-0.2, -0.15) is 0 Å². The Bertz CT molecular complexity index is 755. The van der Waals surface area contributed by atoms with Crippen LogP contribution < -0.4 is 5.32 Å². The van der Waals surface area contributed by atoms with Gasteiger partial charge in [-0.1, -0.05) is 30.3 Å². The normalized spacial score (nSPS) is 10.6. The number of rotatable bonds is 3. The average Bonchev–Trinajstić information content (AvgIpc) is 2.89. The first-order valence-corrected chi connectivity index (χ1v) is 6.82. The molecule has 0 unspecified atom stereocenters. The Morgan fingerprint density at radius 1 is 1.30 bits per heavy atom. The molecule has 0 aliphatic rings. The van der Waals surface area contributed by atoms with Crippen molar-refractivity contribution in [3.63, 3.8) is 0 Å². The third-order valence-electron chi connectivity index (χ3n) is 2.77. The van der Waals surface area contributed by atoms with Crippen molar-refractivity contribution in [1.82, 2.24) is 15.3 Å². The summed E-state index contributed by atoms with van der Waals surface area (Å²) < 4.78 is 0.989. The zero-order valence-electron chi connectivity index (χ0n) is 10.4. The van der Waals surface area contributed by atoms with Gasteiger partial charge in [-0.05, 0) is 6.07 Å². The summed E-state index contributed by atoms with van der Waals surface area (Å²) in [6.45, 7) is 0.184. The number of amides is 1. The van der Waals surface area contributed by atoms with Gasteiger partial charge in [-0.3, -0.25) is 4.98 Å². The maximum atomic E-state index is 10.5. The van der Waals surface area contributed by atoms with Crippen molar-refractivity contribution in [1.29, 1.82) is 0 Å². The van der Waals surface area contributed by atoms with E-state index in [1.807, 2.05) is 36.4 Å². The number of nitrogens with zero attached hydrogens (tertiary/aromatic N) is 2. The van der Waals surface area contributed by atoms with Gasteiger partial charge in [0.1, 0.15) is 5.01 Å². The SMILES string of the molecule is O=C(O)NCc1cc2nc(-c3ccccc3)sc2cn1. The lowest BCUT2D eigenvalue weighted by atomic mass is 10.2. The molecule has 0 aliphatic heterocycles. The number of nitrogens with one attached hydrogen (secondary N) is 1. The van der Waals surface area contributed by atoms with Crippen LogP contribution in [0.15, 0.2) is 42.6 Å². The molecule has 0 saturated heterocycles. The second-order valence-corrected chi connectivity index (χ2v) is 5.22. The highest BCUT2D eigenvalue weighted by molar-refractivity contribution is 7.21. The minimum absolute atomic E-state index is 0.184. The first kappa shape index (κ1) is 12.6. The van der Waals surface area contributed by atoms with Gasteiger partial charge in [0.25, 0.3) is 0 Å². The molecule has 1 aromatic carbocycles. The molecule has 0 radical (unpaired) electrons. The quantitative estimate of drug-likeness (QED) is 0.775. The molecule has 3 rings (SSSR count). The first-order chi connectivity index (χ1) is 9.72. The van der Waals surface area contributed by atoms with Crippen LogP contribution in [-0.2, 0) is 6.54 Å². The lowest BCUT2D eigenvalue weighted by Crippen LogP contribution is -2.20. The van der Waals surface area contributed by atoms with Gasteiger partial charge in [0.15, 0.2) is 0 Å². The fraction of sp³-hybridized carbons (Fsp3) is 0.0714. The summed E-state index contributed by atoms with van der Waals surface area (Å²) >= 11 is 1.57. The molecule has 2 N–H and O–H groups in total. The third-order valence-corrected chi connectivity index (χ3v) is 3.83. The van der Waals surface area contributed by atoms with Gasteiger partial charge < -0.3 is 10.4 Å². The molecule has 0 bridgehead atoms. The predicted octanol–water partition coefficient (Wildman–Crippen LogP) is 3.13. The molecule has 0 spiro atoms. The number of pyridine rings is 1. The Labute approximate surface area is 118 Å². The number of thiazole rings is 1. The number of carboxylic acid groups (broad SMARTS) is 1. The third kappa shape index (κ3) is 2.60. The number of hydrogen-bond acceptors (Lipinski definition) is 4. The molecular weight excluding hydrogens is 274 g/mol. The minimum Gasteiger partial charge on any atom is -0.465 e. The van der Waals surface area contributed by atoms with Crippen LogP contribution in [0.3, 0.4) is 0 Å². The second-order valence-electron chi connectivity index (χ2n) is 4.19. The molecular formula is C14H11N3O2S. The van der Waals surface area contributed by atoms with Crippen molar-refractivity contribution in [2.24, 2.45) is 0 Å². The van der Waals surface area contributed by atoms with E-state index in [4.69, 9.17) is 5.11 Å². The summed E-state index contributed by atoms with van der Waals surface area (Å²) in [4.78, 5) is 19.3. The summed E-state index contributed by atoms with van der Waals surface area (Å²) in [6.07, 6.45) is 0.674.